The highest BCUT2D eigenvalue weighted by atomic mass is 32.2. The van der Waals surface area contributed by atoms with Crippen LogP contribution in [0.4, 0.5) is 0 Å². The van der Waals surface area contributed by atoms with Gasteiger partial charge in [0.2, 0.25) is 10.0 Å². The summed E-state index contributed by atoms with van der Waals surface area (Å²) in [5.41, 5.74) is 0.671. The summed E-state index contributed by atoms with van der Waals surface area (Å²) in [6, 6.07) is 4.78. The van der Waals surface area contributed by atoms with Crippen molar-refractivity contribution in [2.45, 2.75) is 13.0 Å². The molecule has 0 saturated heterocycles. The summed E-state index contributed by atoms with van der Waals surface area (Å²) in [4.78, 5) is 0. The fraction of sp³-hybridized carbons (Fsp3) is 0.455. The Morgan fingerprint density at radius 2 is 2.17 bits per heavy atom. The van der Waals surface area contributed by atoms with Crippen LogP contribution in [0.25, 0.3) is 0 Å². The van der Waals surface area contributed by atoms with Crippen LogP contribution in [0.2, 0.25) is 0 Å². The zero-order valence-electron chi connectivity index (χ0n) is 10.4. The number of primary sulfonamides is 1. The number of aromatic hydroxyl groups is 1. The Labute approximate surface area is 107 Å². The van der Waals surface area contributed by atoms with Crippen molar-refractivity contribution in [2.24, 2.45) is 5.14 Å². The number of sulfonamides is 1. The van der Waals surface area contributed by atoms with Crippen molar-refractivity contribution in [1.82, 2.24) is 5.32 Å². The second-order valence-corrected chi connectivity index (χ2v) is 5.70. The molecule has 1 unspecified atom stereocenters. The topological polar surface area (TPSA) is 102 Å². The van der Waals surface area contributed by atoms with Crippen LogP contribution < -0.4 is 15.2 Å². The van der Waals surface area contributed by atoms with Gasteiger partial charge in [-0.15, -0.1) is 0 Å². The van der Waals surface area contributed by atoms with Crippen molar-refractivity contribution in [3.63, 3.8) is 0 Å². The summed E-state index contributed by atoms with van der Waals surface area (Å²) < 4.78 is 26.5. The van der Waals surface area contributed by atoms with Gasteiger partial charge >= 0.3 is 0 Å². The van der Waals surface area contributed by atoms with Gasteiger partial charge in [-0.05, 0) is 13.0 Å². The van der Waals surface area contributed by atoms with E-state index in [1.54, 1.807) is 12.1 Å². The minimum atomic E-state index is -3.47. The van der Waals surface area contributed by atoms with Crippen LogP contribution in [0.15, 0.2) is 18.2 Å². The molecule has 6 nitrogen and oxygen atoms in total. The summed E-state index contributed by atoms with van der Waals surface area (Å²) in [5, 5.41) is 17.7. The van der Waals surface area contributed by atoms with Gasteiger partial charge in [0.25, 0.3) is 0 Å². The van der Waals surface area contributed by atoms with Gasteiger partial charge in [0.1, 0.15) is 11.5 Å². The Morgan fingerprint density at radius 1 is 1.50 bits per heavy atom. The monoisotopic (exact) mass is 274 g/mol. The number of nitrogens with one attached hydrogen (secondary N) is 1. The highest BCUT2D eigenvalue weighted by molar-refractivity contribution is 7.89. The van der Waals surface area contributed by atoms with Crippen LogP contribution in [0, 0.1) is 0 Å². The van der Waals surface area contributed by atoms with E-state index < -0.39 is 10.0 Å². The summed E-state index contributed by atoms with van der Waals surface area (Å²) in [5.74, 6) is 0.520. The molecule has 1 rings (SSSR count). The van der Waals surface area contributed by atoms with Crippen molar-refractivity contribution in [2.75, 3.05) is 19.4 Å². The SMILES string of the molecule is COc1ccc(C(C)NCCS(N)(=O)=O)c(O)c1. The molecule has 0 aliphatic rings. The minimum Gasteiger partial charge on any atom is -0.507 e. The number of hydrogen-bond donors (Lipinski definition) is 3. The molecule has 0 radical (unpaired) electrons. The lowest BCUT2D eigenvalue weighted by Crippen LogP contribution is -2.28. The average Bonchev–Trinajstić information content (AvgIpc) is 2.26. The third-order valence-corrected chi connectivity index (χ3v) is 3.31. The number of nitrogens with two attached hydrogens (primary N) is 1. The van der Waals surface area contributed by atoms with E-state index in [4.69, 9.17) is 9.88 Å². The van der Waals surface area contributed by atoms with Gasteiger partial charge in [0.15, 0.2) is 0 Å². The second-order valence-electron chi connectivity index (χ2n) is 3.97. The maximum absolute atomic E-state index is 10.8. The Kier molecular flexibility index (Phi) is 4.94. The highest BCUT2D eigenvalue weighted by Gasteiger charge is 2.11. The first kappa shape index (κ1) is 14.7. The molecule has 7 heteroatoms. The third kappa shape index (κ3) is 4.52. The molecule has 102 valence electrons. The van der Waals surface area contributed by atoms with Gasteiger partial charge in [-0.2, -0.15) is 0 Å². The Balaban J connectivity index is 2.64. The van der Waals surface area contributed by atoms with Crippen molar-refractivity contribution >= 4 is 10.0 Å². The predicted molar refractivity (Wildman–Crippen MR) is 69.1 cm³/mol. The molecular weight excluding hydrogens is 256 g/mol. The fourth-order valence-corrected chi connectivity index (χ4v) is 1.95. The number of phenols is 1. The number of methoxy groups -OCH3 is 1. The maximum atomic E-state index is 10.8. The van der Waals surface area contributed by atoms with E-state index in [1.807, 2.05) is 6.92 Å². The molecule has 0 aliphatic carbocycles. The van der Waals surface area contributed by atoms with Crippen LogP contribution in [-0.4, -0.2) is 32.9 Å². The molecule has 0 heterocycles. The van der Waals surface area contributed by atoms with Crippen molar-refractivity contribution < 1.29 is 18.3 Å². The van der Waals surface area contributed by atoms with E-state index in [2.05, 4.69) is 5.32 Å². The molecule has 1 atom stereocenters. The largest absolute Gasteiger partial charge is 0.507 e. The zero-order chi connectivity index (χ0) is 13.8. The molecule has 1 aromatic rings. The van der Waals surface area contributed by atoms with Gasteiger partial charge < -0.3 is 15.2 Å². The minimum absolute atomic E-state index is 0.102. The number of hydrogen-bond acceptors (Lipinski definition) is 5. The van der Waals surface area contributed by atoms with Gasteiger partial charge in [0, 0.05) is 24.2 Å². The van der Waals surface area contributed by atoms with Crippen molar-refractivity contribution in [3.8, 4) is 11.5 Å². The van der Waals surface area contributed by atoms with Gasteiger partial charge in [-0.25, -0.2) is 13.6 Å². The Bertz CT molecular complexity index is 502. The molecule has 18 heavy (non-hydrogen) atoms. The third-order valence-electron chi connectivity index (χ3n) is 2.54. The Hall–Kier alpha value is -1.31. The van der Waals surface area contributed by atoms with Crippen LogP contribution in [0.1, 0.15) is 18.5 Å². The molecule has 0 bridgehead atoms. The van der Waals surface area contributed by atoms with Crippen molar-refractivity contribution in [3.05, 3.63) is 23.8 Å². The number of phenolic OH excluding ortho intramolecular Hbond substituents is 1. The van der Waals surface area contributed by atoms with Gasteiger partial charge in [-0.1, -0.05) is 6.07 Å². The lowest BCUT2D eigenvalue weighted by atomic mass is 10.1. The lowest BCUT2D eigenvalue weighted by molar-refractivity contribution is 0.404. The molecule has 0 spiro atoms. The van der Waals surface area contributed by atoms with Crippen LogP contribution >= 0.6 is 0 Å². The molecule has 0 amide bonds. The van der Waals surface area contributed by atoms with E-state index in [-0.39, 0.29) is 24.1 Å². The van der Waals surface area contributed by atoms with E-state index in [9.17, 15) is 13.5 Å². The summed E-state index contributed by atoms with van der Waals surface area (Å²) in [6.45, 7) is 2.05. The standard InChI is InChI=1S/C11H18N2O4S/c1-8(13-5-6-18(12,15)16)10-4-3-9(17-2)7-11(10)14/h3-4,7-8,13-14H,5-6H2,1-2H3,(H2,12,15,16). The molecule has 0 aliphatic heterocycles. The fourth-order valence-electron chi connectivity index (χ4n) is 1.54. The summed E-state index contributed by atoms with van der Waals surface area (Å²) >= 11 is 0. The first-order valence-corrected chi connectivity index (χ1v) is 7.16. The normalized spacial score (nSPS) is 13.3. The summed E-state index contributed by atoms with van der Waals surface area (Å²) in [7, 11) is -1.95. The van der Waals surface area contributed by atoms with Crippen LogP contribution in [0.5, 0.6) is 11.5 Å². The number of benzene rings is 1. The predicted octanol–water partition coefficient (Wildman–Crippen LogP) is 0.340. The molecule has 0 fully saturated rings. The first-order chi connectivity index (χ1) is 8.33. The van der Waals surface area contributed by atoms with E-state index in [1.165, 1.54) is 13.2 Å². The van der Waals surface area contributed by atoms with E-state index in [0.717, 1.165) is 0 Å². The average molecular weight is 274 g/mol. The summed E-state index contributed by atoms with van der Waals surface area (Å²) in [6.07, 6.45) is 0. The second kappa shape index (κ2) is 6.03. The molecule has 0 aromatic heterocycles. The van der Waals surface area contributed by atoms with Crippen LogP contribution in [-0.2, 0) is 10.0 Å². The Morgan fingerprint density at radius 3 is 2.67 bits per heavy atom. The number of rotatable bonds is 6. The van der Waals surface area contributed by atoms with Gasteiger partial charge in [-0.3, -0.25) is 0 Å². The molecule has 1 aromatic carbocycles. The van der Waals surface area contributed by atoms with E-state index in [0.29, 0.717) is 11.3 Å². The quantitative estimate of drug-likeness (QED) is 0.694. The highest BCUT2D eigenvalue weighted by Crippen LogP contribution is 2.28. The van der Waals surface area contributed by atoms with Gasteiger partial charge in [0.05, 0.1) is 12.9 Å². The van der Waals surface area contributed by atoms with Crippen LogP contribution in [0.3, 0.4) is 0 Å². The van der Waals surface area contributed by atoms with Crippen molar-refractivity contribution in [1.29, 1.82) is 0 Å². The molecular formula is C11H18N2O4S. The molecule has 0 saturated carbocycles. The zero-order valence-corrected chi connectivity index (χ0v) is 11.2. The van der Waals surface area contributed by atoms with E-state index >= 15 is 0 Å². The number of ether oxygens (including phenoxy) is 1. The molecule has 4 N–H and O–H groups in total. The lowest BCUT2D eigenvalue weighted by Gasteiger charge is -2.15. The smallest absolute Gasteiger partial charge is 0.210 e. The first-order valence-electron chi connectivity index (χ1n) is 5.44. The maximum Gasteiger partial charge on any atom is 0.210 e.